The third-order valence-electron chi connectivity index (χ3n) is 6.96. The van der Waals surface area contributed by atoms with Crippen LogP contribution < -0.4 is 10.6 Å². The molecule has 0 bridgehead atoms. The molecular formula is C29H34N8O2S. The lowest BCUT2D eigenvalue weighted by Gasteiger charge is -2.32. The molecule has 3 aromatic rings. The van der Waals surface area contributed by atoms with E-state index in [-0.39, 0.29) is 11.7 Å². The second kappa shape index (κ2) is 12.9. The zero-order chi connectivity index (χ0) is 27.9. The number of amidine groups is 2. The molecule has 11 heteroatoms. The number of anilines is 2. The number of nitrogens with one attached hydrogen (secondary N) is 4. The van der Waals surface area contributed by atoms with E-state index in [4.69, 9.17) is 22.4 Å². The zero-order valence-corrected chi connectivity index (χ0v) is 23.3. The number of aliphatic imine (C=N–C) groups is 1. The Morgan fingerprint density at radius 2 is 1.48 bits per heavy atom. The molecule has 208 valence electrons. The van der Waals surface area contributed by atoms with Crippen LogP contribution in [0.4, 0.5) is 11.4 Å². The molecule has 0 atom stereocenters. The lowest BCUT2D eigenvalue weighted by Crippen LogP contribution is -2.47. The summed E-state index contributed by atoms with van der Waals surface area (Å²) >= 11 is 5.49. The number of amides is 1. The van der Waals surface area contributed by atoms with E-state index in [1.54, 1.807) is 0 Å². The highest BCUT2D eigenvalue weighted by Crippen LogP contribution is 2.16. The average molecular weight is 559 g/mol. The van der Waals surface area contributed by atoms with Crippen LogP contribution in [0.1, 0.15) is 21.6 Å². The molecule has 4 N–H and O–H groups in total. The Morgan fingerprint density at radius 1 is 0.875 bits per heavy atom. The van der Waals surface area contributed by atoms with Gasteiger partial charge in [-0.15, -0.1) is 0 Å². The molecule has 1 aromatic heterocycles. The van der Waals surface area contributed by atoms with Crippen molar-refractivity contribution in [2.75, 3.05) is 70.2 Å². The molecule has 40 heavy (non-hydrogen) atoms. The van der Waals surface area contributed by atoms with Gasteiger partial charge in [0.25, 0.3) is 5.91 Å². The maximum Gasteiger partial charge on any atom is 0.253 e. The monoisotopic (exact) mass is 558 g/mol. The lowest BCUT2D eigenvalue weighted by atomic mass is 10.1. The lowest BCUT2D eigenvalue weighted by molar-refractivity contribution is 0.0664. The number of likely N-dealkylation sites (N-methyl/N-ethyl adjacent to an activating group) is 1. The van der Waals surface area contributed by atoms with Gasteiger partial charge in [-0.05, 0) is 79.9 Å². The maximum absolute atomic E-state index is 12.8. The number of benzene rings is 2. The molecule has 0 aliphatic carbocycles. The first-order valence-corrected chi connectivity index (χ1v) is 13.8. The van der Waals surface area contributed by atoms with Gasteiger partial charge in [0.1, 0.15) is 0 Å². The van der Waals surface area contributed by atoms with Crippen molar-refractivity contribution in [1.29, 1.82) is 5.41 Å². The highest BCUT2D eigenvalue weighted by molar-refractivity contribution is 7.80. The number of piperazine rings is 1. The van der Waals surface area contributed by atoms with Crippen molar-refractivity contribution in [1.82, 2.24) is 19.7 Å². The third kappa shape index (κ3) is 6.92. The summed E-state index contributed by atoms with van der Waals surface area (Å²) in [5.74, 6) is 0.969. The summed E-state index contributed by atoms with van der Waals surface area (Å²) in [5.41, 5.74) is 3.82. The average Bonchev–Trinajstić information content (AvgIpc) is 3.52. The summed E-state index contributed by atoms with van der Waals surface area (Å²) in [4.78, 5) is 26.9. The minimum atomic E-state index is 0.0558. The van der Waals surface area contributed by atoms with E-state index in [9.17, 15) is 4.79 Å². The molecule has 2 fully saturated rings. The SMILES string of the molecule is CN1CCN(C(=O)c2ccc(NC(=S)Nc3ccc(C(=N)/N=C(\c4ccc[nH]4)N4CCOCC4)cc3)cc2)CC1. The fraction of sp³-hybridized carbons (Fsp3) is 0.310. The number of ether oxygens (including phenoxy) is 1. The number of thiocarbonyl (C=S) groups is 1. The molecule has 10 nitrogen and oxygen atoms in total. The molecular weight excluding hydrogens is 524 g/mol. The minimum absolute atomic E-state index is 0.0558. The Morgan fingerprint density at radius 3 is 2.05 bits per heavy atom. The largest absolute Gasteiger partial charge is 0.378 e. The Kier molecular flexibility index (Phi) is 8.84. The summed E-state index contributed by atoms with van der Waals surface area (Å²) in [5, 5.41) is 15.4. The Labute approximate surface area is 239 Å². The van der Waals surface area contributed by atoms with Crippen molar-refractivity contribution in [2.24, 2.45) is 4.99 Å². The summed E-state index contributed by atoms with van der Waals surface area (Å²) in [6, 6.07) is 18.7. The van der Waals surface area contributed by atoms with Gasteiger partial charge in [-0.25, -0.2) is 4.99 Å². The predicted molar refractivity (Wildman–Crippen MR) is 163 cm³/mol. The first-order chi connectivity index (χ1) is 19.5. The molecule has 2 saturated heterocycles. The van der Waals surface area contributed by atoms with Gasteiger partial charge in [-0.1, -0.05) is 0 Å². The van der Waals surface area contributed by atoms with E-state index >= 15 is 0 Å². The van der Waals surface area contributed by atoms with Gasteiger partial charge in [0.2, 0.25) is 0 Å². The number of nitrogens with zero attached hydrogens (tertiary/aromatic N) is 4. The van der Waals surface area contributed by atoms with Crippen LogP contribution in [0, 0.1) is 5.41 Å². The number of aromatic amines is 1. The fourth-order valence-electron chi connectivity index (χ4n) is 4.61. The first-order valence-electron chi connectivity index (χ1n) is 13.4. The minimum Gasteiger partial charge on any atom is -0.378 e. The van der Waals surface area contributed by atoms with Crippen molar-refractivity contribution in [3.05, 3.63) is 83.7 Å². The molecule has 0 unspecified atom stereocenters. The maximum atomic E-state index is 12.8. The molecule has 2 aliphatic rings. The van der Waals surface area contributed by atoms with Gasteiger partial charge < -0.3 is 35.1 Å². The normalized spacial score (nSPS) is 16.5. The Balaban J connectivity index is 1.17. The van der Waals surface area contributed by atoms with E-state index in [0.29, 0.717) is 29.5 Å². The van der Waals surface area contributed by atoms with Gasteiger partial charge >= 0.3 is 0 Å². The van der Waals surface area contributed by atoms with Crippen LogP contribution in [0.2, 0.25) is 0 Å². The van der Waals surface area contributed by atoms with E-state index in [1.807, 2.05) is 71.8 Å². The molecule has 3 heterocycles. The summed E-state index contributed by atoms with van der Waals surface area (Å²) in [6.07, 6.45) is 1.86. The zero-order valence-electron chi connectivity index (χ0n) is 22.5. The van der Waals surface area contributed by atoms with Crippen LogP contribution in [-0.4, -0.2) is 102 Å². The Hall–Kier alpha value is -4.06. The van der Waals surface area contributed by atoms with Crippen LogP contribution >= 0.6 is 12.2 Å². The molecule has 0 radical (unpaired) electrons. The molecule has 1 amide bonds. The van der Waals surface area contributed by atoms with E-state index in [2.05, 4.69) is 37.5 Å². The fourth-order valence-corrected chi connectivity index (χ4v) is 4.85. The molecule has 2 aliphatic heterocycles. The standard InChI is InChI=1S/C29H34N8O2S/c1-35-13-15-37(16-14-35)28(38)22-6-10-24(11-7-22)33-29(40)32-23-8-4-21(5-9-23)26(30)34-27(25-3-2-12-31-25)36-17-19-39-20-18-36/h2-12,30-31H,13-20H2,1H3,(H2,32,33,40)/b30-26?,34-27+. The summed E-state index contributed by atoms with van der Waals surface area (Å²) in [6.45, 7) is 6.01. The number of hydrogen-bond donors (Lipinski definition) is 4. The topological polar surface area (TPSA) is 112 Å². The number of morpholine rings is 1. The number of aromatic nitrogens is 1. The van der Waals surface area contributed by atoms with Crippen molar-refractivity contribution in [2.45, 2.75) is 0 Å². The van der Waals surface area contributed by atoms with Gasteiger partial charge in [0.05, 0.1) is 18.9 Å². The summed E-state index contributed by atoms with van der Waals surface area (Å²) in [7, 11) is 2.07. The second-order valence-electron chi connectivity index (χ2n) is 9.80. The van der Waals surface area contributed by atoms with Crippen molar-refractivity contribution >= 4 is 46.3 Å². The number of hydrogen-bond acceptors (Lipinski definition) is 5. The van der Waals surface area contributed by atoms with Gasteiger partial charge in [0.15, 0.2) is 16.8 Å². The van der Waals surface area contributed by atoms with Crippen LogP contribution in [0.25, 0.3) is 0 Å². The van der Waals surface area contributed by atoms with Crippen LogP contribution in [-0.2, 0) is 4.74 Å². The Bertz CT molecular complexity index is 1340. The predicted octanol–water partition coefficient (Wildman–Crippen LogP) is 3.32. The molecule has 0 saturated carbocycles. The number of H-pyrrole nitrogens is 1. The van der Waals surface area contributed by atoms with Crippen LogP contribution in [0.3, 0.4) is 0 Å². The highest BCUT2D eigenvalue weighted by Gasteiger charge is 2.21. The van der Waals surface area contributed by atoms with Gasteiger partial charge in [0, 0.05) is 68.0 Å². The van der Waals surface area contributed by atoms with E-state index < -0.39 is 0 Å². The van der Waals surface area contributed by atoms with Crippen molar-refractivity contribution in [3.63, 3.8) is 0 Å². The van der Waals surface area contributed by atoms with Gasteiger partial charge in [-0.3, -0.25) is 10.2 Å². The van der Waals surface area contributed by atoms with Crippen LogP contribution in [0.15, 0.2) is 71.9 Å². The van der Waals surface area contributed by atoms with Crippen molar-refractivity contribution < 1.29 is 9.53 Å². The number of carbonyl (C=O) groups excluding carboxylic acids is 1. The smallest absolute Gasteiger partial charge is 0.253 e. The second-order valence-corrected chi connectivity index (χ2v) is 10.2. The summed E-state index contributed by atoms with van der Waals surface area (Å²) < 4.78 is 5.48. The number of rotatable bonds is 5. The molecule has 0 spiro atoms. The molecule has 5 rings (SSSR count). The highest BCUT2D eigenvalue weighted by atomic mass is 32.1. The third-order valence-corrected chi connectivity index (χ3v) is 7.17. The molecule has 2 aromatic carbocycles. The number of carbonyl (C=O) groups is 1. The van der Waals surface area contributed by atoms with Crippen molar-refractivity contribution in [3.8, 4) is 0 Å². The quantitative estimate of drug-likeness (QED) is 0.216. The van der Waals surface area contributed by atoms with E-state index in [0.717, 1.165) is 62.2 Å². The van der Waals surface area contributed by atoms with E-state index in [1.165, 1.54) is 0 Å². The van der Waals surface area contributed by atoms with Gasteiger partial charge in [-0.2, -0.15) is 0 Å². The first kappa shape index (κ1) is 27.5. The van der Waals surface area contributed by atoms with Crippen LogP contribution in [0.5, 0.6) is 0 Å².